The third kappa shape index (κ3) is 8.30. The van der Waals surface area contributed by atoms with Crippen LogP contribution < -0.4 is 4.74 Å². The molecule has 1 aromatic rings. The SMILES string of the molecule is C=CCN(C)CCCCCCOc1ccc(C[C]=O)cc1. The van der Waals surface area contributed by atoms with E-state index in [2.05, 4.69) is 18.5 Å². The lowest BCUT2D eigenvalue weighted by atomic mass is 10.1. The van der Waals surface area contributed by atoms with E-state index in [4.69, 9.17) is 4.74 Å². The van der Waals surface area contributed by atoms with Crippen LogP contribution in [-0.2, 0) is 11.2 Å². The standard InChI is InChI=1S/C18H26NO2/c1-3-13-19(2)14-6-4-5-7-16-21-18-10-8-17(9-11-18)12-15-20/h3,8-11H,1,4-7,12-14,16H2,2H3. The molecule has 0 aliphatic heterocycles. The van der Waals surface area contributed by atoms with Crippen LogP contribution in [0.4, 0.5) is 0 Å². The highest BCUT2D eigenvalue weighted by Crippen LogP contribution is 2.13. The van der Waals surface area contributed by atoms with Gasteiger partial charge >= 0.3 is 0 Å². The highest BCUT2D eigenvalue weighted by Gasteiger charge is 1.97. The number of hydrogen-bond donors (Lipinski definition) is 0. The average molecular weight is 288 g/mol. The number of ether oxygens (including phenoxy) is 1. The van der Waals surface area contributed by atoms with Gasteiger partial charge in [0.15, 0.2) is 0 Å². The number of benzene rings is 1. The summed E-state index contributed by atoms with van der Waals surface area (Å²) in [6.07, 6.45) is 8.91. The summed E-state index contributed by atoms with van der Waals surface area (Å²) >= 11 is 0. The fourth-order valence-electron chi connectivity index (χ4n) is 2.13. The van der Waals surface area contributed by atoms with Crippen LogP contribution in [0.1, 0.15) is 31.2 Å². The Morgan fingerprint density at radius 3 is 2.57 bits per heavy atom. The van der Waals surface area contributed by atoms with Gasteiger partial charge in [-0.2, -0.15) is 0 Å². The molecule has 3 heteroatoms. The molecule has 0 aliphatic rings. The molecule has 1 rings (SSSR count). The Labute approximate surface area is 128 Å². The van der Waals surface area contributed by atoms with Gasteiger partial charge in [0.05, 0.1) is 6.61 Å². The second kappa shape index (κ2) is 11.1. The summed E-state index contributed by atoms with van der Waals surface area (Å²) in [6, 6.07) is 7.65. The van der Waals surface area contributed by atoms with Crippen LogP contribution >= 0.6 is 0 Å². The summed E-state index contributed by atoms with van der Waals surface area (Å²) in [5.74, 6) is 0.871. The molecule has 21 heavy (non-hydrogen) atoms. The number of carbonyl (C=O) groups excluding carboxylic acids is 1. The van der Waals surface area contributed by atoms with Crippen molar-refractivity contribution in [2.45, 2.75) is 32.1 Å². The van der Waals surface area contributed by atoms with Gasteiger partial charge in [0.25, 0.3) is 0 Å². The van der Waals surface area contributed by atoms with Gasteiger partial charge in [0.2, 0.25) is 6.29 Å². The molecular formula is C18H26NO2. The third-order valence-electron chi connectivity index (χ3n) is 3.34. The molecule has 0 aromatic heterocycles. The van der Waals surface area contributed by atoms with Crippen molar-refractivity contribution in [2.75, 3.05) is 26.7 Å². The molecule has 0 atom stereocenters. The van der Waals surface area contributed by atoms with Crippen LogP contribution in [0.15, 0.2) is 36.9 Å². The average Bonchev–Trinajstić information content (AvgIpc) is 2.48. The van der Waals surface area contributed by atoms with Crippen molar-refractivity contribution in [1.29, 1.82) is 0 Å². The van der Waals surface area contributed by atoms with Crippen molar-refractivity contribution < 1.29 is 9.53 Å². The Morgan fingerprint density at radius 1 is 1.19 bits per heavy atom. The Hall–Kier alpha value is -1.61. The minimum absolute atomic E-state index is 0.348. The zero-order valence-corrected chi connectivity index (χ0v) is 13.0. The largest absolute Gasteiger partial charge is 0.494 e. The summed E-state index contributed by atoms with van der Waals surface area (Å²) in [7, 11) is 2.12. The zero-order valence-electron chi connectivity index (χ0n) is 13.0. The van der Waals surface area contributed by atoms with Crippen LogP contribution in [0, 0.1) is 0 Å². The second-order valence-corrected chi connectivity index (χ2v) is 5.28. The molecule has 0 fully saturated rings. The highest BCUT2D eigenvalue weighted by atomic mass is 16.5. The van der Waals surface area contributed by atoms with Gasteiger partial charge in [0.1, 0.15) is 5.75 Å². The van der Waals surface area contributed by atoms with Crippen molar-refractivity contribution in [3.63, 3.8) is 0 Å². The van der Waals surface area contributed by atoms with E-state index in [9.17, 15) is 4.79 Å². The quantitative estimate of drug-likeness (QED) is 0.436. The molecule has 115 valence electrons. The van der Waals surface area contributed by atoms with Crippen molar-refractivity contribution >= 4 is 6.29 Å². The maximum Gasteiger partial charge on any atom is 0.203 e. The fraction of sp³-hybridized carbons (Fsp3) is 0.500. The molecule has 0 amide bonds. The van der Waals surface area contributed by atoms with E-state index < -0.39 is 0 Å². The lowest BCUT2D eigenvalue weighted by molar-refractivity contribution is 0.300. The third-order valence-corrected chi connectivity index (χ3v) is 3.34. The maximum atomic E-state index is 10.3. The van der Waals surface area contributed by atoms with E-state index in [0.29, 0.717) is 6.42 Å². The molecule has 0 heterocycles. The molecule has 0 spiro atoms. The lowest BCUT2D eigenvalue weighted by Gasteiger charge is -2.13. The number of hydrogen-bond acceptors (Lipinski definition) is 3. The number of nitrogens with zero attached hydrogens (tertiary/aromatic N) is 1. The van der Waals surface area contributed by atoms with Gasteiger partial charge in [-0.1, -0.05) is 31.1 Å². The first kappa shape index (κ1) is 17.4. The summed E-state index contributed by atoms with van der Waals surface area (Å²) < 4.78 is 5.68. The molecule has 0 aliphatic carbocycles. The van der Waals surface area contributed by atoms with Crippen molar-refractivity contribution in [3.8, 4) is 5.75 Å². The van der Waals surface area contributed by atoms with Gasteiger partial charge in [-0.05, 0) is 44.1 Å². The molecular weight excluding hydrogens is 262 g/mol. The molecule has 0 N–H and O–H groups in total. The Bertz CT molecular complexity index is 400. The fourth-order valence-corrected chi connectivity index (χ4v) is 2.13. The molecule has 0 bridgehead atoms. The van der Waals surface area contributed by atoms with Gasteiger partial charge in [-0.3, -0.25) is 4.79 Å². The van der Waals surface area contributed by atoms with Crippen LogP contribution in [0.3, 0.4) is 0 Å². The van der Waals surface area contributed by atoms with Crippen LogP contribution in [0.25, 0.3) is 0 Å². The molecule has 3 nitrogen and oxygen atoms in total. The molecule has 0 saturated heterocycles. The van der Waals surface area contributed by atoms with Crippen molar-refractivity contribution in [2.24, 2.45) is 0 Å². The second-order valence-electron chi connectivity index (χ2n) is 5.28. The Kier molecular flexibility index (Phi) is 9.21. The monoisotopic (exact) mass is 288 g/mol. The van der Waals surface area contributed by atoms with Crippen molar-refractivity contribution in [1.82, 2.24) is 4.90 Å². The molecule has 0 saturated carbocycles. The predicted molar refractivity (Wildman–Crippen MR) is 87.5 cm³/mol. The van der Waals surface area contributed by atoms with Gasteiger partial charge in [0, 0.05) is 13.0 Å². The van der Waals surface area contributed by atoms with Gasteiger partial charge < -0.3 is 9.64 Å². The number of likely N-dealkylation sites (N-methyl/N-ethyl adjacent to an activating group) is 1. The van der Waals surface area contributed by atoms with E-state index in [0.717, 1.165) is 37.4 Å². The number of unbranched alkanes of at least 4 members (excludes halogenated alkanes) is 3. The van der Waals surface area contributed by atoms with E-state index in [-0.39, 0.29) is 0 Å². The maximum absolute atomic E-state index is 10.3. The smallest absolute Gasteiger partial charge is 0.203 e. The minimum atomic E-state index is 0.348. The molecule has 1 radical (unpaired) electrons. The topological polar surface area (TPSA) is 29.5 Å². The minimum Gasteiger partial charge on any atom is -0.494 e. The van der Waals surface area contributed by atoms with E-state index in [1.54, 1.807) is 0 Å². The number of rotatable bonds is 12. The highest BCUT2D eigenvalue weighted by molar-refractivity contribution is 5.55. The predicted octanol–water partition coefficient (Wildman–Crippen LogP) is 3.40. The van der Waals surface area contributed by atoms with Gasteiger partial charge in [-0.25, -0.2) is 0 Å². The first-order chi connectivity index (χ1) is 10.3. The van der Waals surface area contributed by atoms with Gasteiger partial charge in [-0.15, -0.1) is 6.58 Å². The molecule has 0 unspecified atom stereocenters. The lowest BCUT2D eigenvalue weighted by Crippen LogP contribution is -2.19. The van der Waals surface area contributed by atoms with Crippen LogP contribution in [-0.4, -0.2) is 37.9 Å². The zero-order chi connectivity index (χ0) is 15.3. The van der Waals surface area contributed by atoms with Crippen LogP contribution in [0.2, 0.25) is 0 Å². The van der Waals surface area contributed by atoms with E-state index in [1.807, 2.05) is 36.6 Å². The Morgan fingerprint density at radius 2 is 1.90 bits per heavy atom. The van der Waals surface area contributed by atoms with E-state index in [1.165, 1.54) is 19.3 Å². The summed E-state index contributed by atoms with van der Waals surface area (Å²) in [6.45, 7) is 6.57. The normalized spacial score (nSPS) is 10.6. The summed E-state index contributed by atoms with van der Waals surface area (Å²) in [5.41, 5.74) is 0.973. The Balaban J connectivity index is 2.03. The van der Waals surface area contributed by atoms with Crippen LogP contribution in [0.5, 0.6) is 5.75 Å². The van der Waals surface area contributed by atoms with Crippen molar-refractivity contribution in [3.05, 3.63) is 42.5 Å². The summed E-state index contributed by atoms with van der Waals surface area (Å²) in [4.78, 5) is 12.6. The molecule has 1 aromatic carbocycles. The first-order valence-electron chi connectivity index (χ1n) is 7.62. The summed E-state index contributed by atoms with van der Waals surface area (Å²) in [5, 5.41) is 0. The first-order valence-corrected chi connectivity index (χ1v) is 7.62. The van der Waals surface area contributed by atoms with E-state index >= 15 is 0 Å².